The molecular formula is C23H23N3O5S. The Morgan fingerprint density at radius 1 is 1.09 bits per heavy atom. The van der Waals surface area contributed by atoms with E-state index < -0.39 is 0 Å². The molecule has 9 heteroatoms. The summed E-state index contributed by atoms with van der Waals surface area (Å²) in [5.74, 6) is 1.76. The minimum atomic E-state index is -0.386. The molecular weight excluding hydrogens is 430 g/mol. The third kappa shape index (κ3) is 3.78. The predicted molar refractivity (Wildman–Crippen MR) is 121 cm³/mol. The topological polar surface area (TPSA) is 95.3 Å². The fraction of sp³-hybridized carbons (Fsp3) is 0.304. The van der Waals surface area contributed by atoms with Crippen molar-refractivity contribution in [2.24, 2.45) is 0 Å². The minimum absolute atomic E-state index is 0.0160. The first-order chi connectivity index (χ1) is 15.5. The number of carbonyl (C=O) groups excluding carboxylic acids is 1. The summed E-state index contributed by atoms with van der Waals surface area (Å²) in [6, 6.07) is 12.8. The number of hydrogen-bond acceptors (Lipinski definition) is 8. The van der Waals surface area contributed by atoms with Crippen LogP contribution in [0.1, 0.15) is 17.9 Å². The number of amides is 1. The smallest absolute Gasteiger partial charge is 0.229 e. The van der Waals surface area contributed by atoms with E-state index in [9.17, 15) is 15.2 Å². The fourth-order valence-corrected chi connectivity index (χ4v) is 5.11. The number of anilines is 1. The number of nitrogens with zero attached hydrogens (tertiary/aromatic N) is 3. The van der Waals surface area contributed by atoms with Gasteiger partial charge in [-0.25, -0.2) is 0 Å². The lowest BCUT2D eigenvalue weighted by Gasteiger charge is -2.42. The van der Waals surface area contributed by atoms with Crippen molar-refractivity contribution in [3.05, 3.63) is 52.6 Å². The van der Waals surface area contributed by atoms with E-state index in [-0.39, 0.29) is 24.0 Å². The Bertz CT molecular complexity index is 1130. The summed E-state index contributed by atoms with van der Waals surface area (Å²) in [6.45, 7) is 0.320. The van der Waals surface area contributed by atoms with Crippen molar-refractivity contribution >= 4 is 23.4 Å². The van der Waals surface area contributed by atoms with E-state index in [4.69, 9.17) is 14.2 Å². The fourth-order valence-electron chi connectivity index (χ4n) is 3.96. The SMILES string of the molecule is COc1ccc(N2CSC3=C(C#N)[C@H](c4ccc(O)c(OC)c4)CC(=O)N3C2)c(OC)c1. The van der Waals surface area contributed by atoms with Gasteiger partial charge in [0.25, 0.3) is 0 Å². The Morgan fingerprint density at radius 3 is 2.56 bits per heavy atom. The molecule has 8 nitrogen and oxygen atoms in total. The summed E-state index contributed by atoms with van der Waals surface area (Å²) in [5, 5.41) is 20.5. The number of methoxy groups -OCH3 is 3. The van der Waals surface area contributed by atoms with Crippen molar-refractivity contribution in [2.75, 3.05) is 38.8 Å². The Balaban J connectivity index is 1.67. The number of phenolic OH excluding ortho intramolecular Hbond substituents is 1. The van der Waals surface area contributed by atoms with E-state index in [1.54, 1.807) is 37.3 Å². The number of nitriles is 1. The van der Waals surface area contributed by atoms with Crippen molar-refractivity contribution in [3.63, 3.8) is 0 Å². The number of benzene rings is 2. The molecule has 0 saturated carbocycles. The number of rotatable bonds is 5. The molecule has 1 fully saturated rings. The molecule has 0 aromatic heterocycles. The molecule has 2 aromatic rings. The number of ether oxygens (including phenoxy) is 3. The highest BCUT2D eigenvalue weighted by Crippen LogP contribution is 2.45. The van der Waals surface area contributed by atoms with Gasteiger partial charge in [0.15, 0.2) is 11.5 Å². The van der Waals surface area contributed by atoms with E-state index in [1.807, 2.05) is 17.0 Å². The van der Waals surface area contributed by atoms with Crippen molar-refractivity contribution in [1.29, 1.82) is 5.26 Å². The molecule has 2 aliphatic heterocycles. The maximum Gasteiger partial charge on any atom is 0.229 e. The lowest BCUT2D eigenvalue weighted by Crippen LogP contribution is -2.47. The van der Waals surface area contributed by atoms with Gasteiger partial charge in [0.2, 0.25) is 5.91 Å². The lowest BCUT2D eigenvalue weighted by molar-refractivity contribution is -0.129. The monoisotopic (exact) mass is 453 g/mol. The van der Waals surface area contributed by atoms with Crippen LogP contribution >= 0.6 is 11.8 Å². The molecule has 0 aliphatic carbocycles. The van der Waals surface area contributed by atoms with E-state index in [2.05, 4.69) is 6.07 Å². The second-order valence-electron chi connectivity index (χ2n) is 7.33. The van der Waals surface area contributed by atoms with Gasteiger partial charge in [0.05, 0.1) is 56.2 Å². The number of carbonyl (C=O) groups is 1. The van der Waals surface area contributed by atoms with Gasteiger partial charge in [-0.15, -0.1) is 0 Å². The molecule has 0 spiro atoms. The normalized spacial score (nSPS) is 18.2. The number of aromatic hydroxyl groups is 1. The molecule has 2 aliphatic rings. The van der Waals surface area contributed by atoms with Crippen LogP contribution in [0.5, 0.6) is 23.0 Å². The van der Waals surface area contributed by atoms with Crippen LogP contribution in [-0.2, 0) is 4.79 Å². The van der Waals surface area contributed by atoms with Crippen molar-refractivity contribution < 1.29 is 24.1 Å². The highest BCUT2D eigenvalue weighted by atomic mass is 32.2. The zero-order chi connectivity index (χ0) is 22.8. The summed E-state index contributed by atoms with van der Waals surface area (Å²) in [5.41, 5.74) is 2.15. The van der Waals surface area contributed by atoms with E-state index in [0.717, 1.165) is 11.3 Å². The molecule has 2 heterocycles. The van der Waals surface area contributed by atoms with Gasteiger partial charge in [-0.05, 0) is 29.8 Å². The van der Waals surface area contributed by atoms with Crippen molar-refractivity contribution in [3.8, 4) is 29.1 Å². The highest BCUT2D eigenvalue weighted by Gasteiger charge is 2.39. The Kier molecular flexibility index (Phi) is 6.06. The summed E-state index contributed by atoms with van der Waals surface area (Å²) < 4.78 is 16.0. The van der Waals surface area contributed by atoms with Gasteiger partial charge >= 0.3 is 0 Å². The van der Waals surface area contributed by atoms with E-state index in [1.165, 1.54) is 24.9 Å². The molecule has 2 aromatic carbocycles. The minimum Gasteiger partial charge on any atom is -0.504 e. The molecule has 0 bridgehead atoms. The second kappa shape index (κ2) is 8.93. The van der Waals surface area contributed by atoms with Crippen LogP contribution in [0.4, 0.5) is 5.69 Å². The predicted octanol–water partition coefficient (Wildman–Crippen LogP) is 3.64. The van der Waals surface area contributed by atoms with Gasteiger partial charge in [-0.2, -0.15) is 5.26 Å². The zero-order valence-electron chi connectivity index (χ0n) is 18.0. The van der Waals surface area contributed by atoms with Crippen molar-refractivity contribution in [1.82, 2.24) is 4.90 Å². The Labute approximate surface area is 190 Å². The van der Waals surface area contributed by atoms with E-state index in [0.29, 0.717) is 40.4 Å². The Hall–Kier alpha value is -3.51. The third-order valence-corrected chi connectivity index (χ3v) is 6.78. The molecule has 4 rings (SSSR count). The largest absolute Gasteiger partial charge is 0.504 e. The second-order valence-corrected chi connectivity index (χ2v) is 8.27. The number of phenols is 1. The van der Waals surface area contributed by atoms with Gasteiger partial charge < -0.3 is 24.2 Å². The molecule has 1 amide bonds. The standard InChI is InChI=1S/C23H23N3O5S/c1-29-15-5-6-18(20(9-15)30-2)25-12-26-22(28)10-16(17(11-24)23(26)32-13-25)14-4-7-19(27)21(8-14)31-3/h4-9,16,27H,10,12-13H2,1-3H3/t16-/m0/s1. The molecule has 166 valence electrons. The van der Waals surface area contributed by atoms with Crippen molar-refractivity contribution in [2.45, 2.75) is 12.3 Å². The van der Waals surface area contributed by atoms with Gasteiger partial charge in [0.1, 0.15) is 11.5 Å². The number of allylic oxidation sites excluding steroid dienone is 1. The van der Waals surface area contributed by atoms with Crippen LogP contribution in [-0.4, -0.2) is 49.8 Å². The van der Waals surface area contributed by atoms with Crippen LogP contribution in [0.3, 0.4) is 0 Å². The zero-order valence-corrected chi connectivity index (χ0v) is 18.8. The van der Waals surface area contributed by atoms with Crippen LogP contribution < -0.4 is 19.1 Å². The first kappa shape index (κ1) is 21.7. The average molecular weight is 454 g/mol. The molecule has 1 N–H and O–H groups in total. The number of hydrogen-bond donors (Lipinski definition) is 1. The maximum atomic E-state index is 13.1. The lowest BCUT2D eigenvalue weighted by atomic mass is 9.86. The third-order valence-electron chi connectivity index (χ3n) is 5.63. The summed E-state index contributed by atoms with van der Waals surface area (Å²) in [4.78, 5) is 16.8. The quantitative estimate of drug-likeness (QED) is 0.733. The highest BCUT2D eigenvalue weighted by molar-refractivity contribution is 8.03. The molecule has 1 atom stereocenters. The van der Waals surface area contributed by atoms with Gasteiger partial charge in [-0.3, -0.25) is 9.69 Å². The van der Waals surface area contributed by atoms with Crippen LogP contribution in [0.2, 0.25) is 0 Å². The first-order valence-corrected chi connectivity index (χ1v) is 10.9. The molecule has 0 radical (unpaired) electrons. The maximum absolute atomic E-state index is 13.1. The summed E-state index contributed by atoms with van der Waals surface area (Å²) in [7, 11) is 4.66. The van der Waals surface area contributed by atoms with Gasteiger partial charge in [0, 0.05) is 18.4 Å². The average Bonchev–Trinajstić information content (AvgIpc) is 2.83. The summed E-state index contributed by atoms with van der Waals surface area (Å²) >= 11 is 1.45. The number of fused-ring (bicyclic) bond motifs is 1. The Morgan fingerprint density at radius 2 is 1.88 bits per heavy atom. The van der Waals surface area contributed by atoms with Crippen LogP contribution in [0.15, 0.2) is 47.0 Å². The van der Waals surface area contributed by atoms with Gasteiger partial charge in [-0.1, -0.05) is 17.8 Å². The van der Waals surface area contributed by atoms with E-state index >= 15 is 0 Å². The van der Waals surface area contributed by atoms with Crippen LogP contribution in [0, 0.1) is 11.3 Å². The first-order valence-electron chi connectivity index (χ1n) is 9.92. The molecule has 1 saturated heterocycles. The molecule has 32 heavy (non-hydrogen) atoms. The number of thioether (sulfide) groups is 1. The summed E-state index contributed by atoms with van der Waals surface area (Å²) in [6.07, 6.45) is 0.161. The van der Waals surface area contributed by atoms with Crippen LogP contribution in [0.25, 0.3) is 0 Å². The molecule has 0 unspecified atom stereocenters.